The maximum atomic E-state index is 13.7. The number of hydrogen-bond donors (Lipinski definition) is 0. The van der Waals surface area contributed by atoms with Gasteiger partial charge in [-0.15, -0.1) is 0 Å². The summed E-state index contributed by atoms with van der Waals surface area (Å²) in [6.45, 7) is 1.89. The molecule has 3 aromatic carbocycles. The van der Waals surface area contributed by atoms with Crippen molar-refractivity contribution in [2.24, 2.45) is 0 Å². The lowest BCUT2D eigenvalue weighted by Crippen LogP contribution is -2.22. The Kier molecular flexibility index (Phi) is 6.29. The van der Waals surface area contributed by atoms with Gasteiger partial charge in [-0.3, -0.25) is 9.36 Å². The van der Waals surface area contributed by atoms with Crippen molar-refractivity contribution in [1.82, 2.24) is 14.5 Å². The van der Waals surface area contributed by atoms with E-state index in [1.807, 2.05) is 55.5 Å². The molecule has 0 bridgehead atoms. The molecule has 0 saturated carbocycles. The predicted octanol–water partition coefficient (Wildman–Crippen LogP) is 5.66. The van der Waals surface area contributed by atoms with E-state index in [2.05, 4.69) is 0 Å². The number of nitrogens with zero attached hydrogens (tertiary/aromatic N) is 3. The van der Waals surface area contributed by atoms with Crippen molar-refractivity contribution in [2.45, 2.75) is 17.8 Å². The number of thioether (sulfide) groups is 1. The van der Waals surface area contributed by atoms with Crippen molar-refractivity contribution < 1.29 is 13.9 Å². The molecule has 0 atom stereocenters. The summed E-state index contributed by atoms with van der Waals surface area (Å²) in [6.07, 6.45) is 0. The van der Waals surface area contributed by atoms with Gasteiger partial charge in [0, 0.05) is 17.4 Å². The molecule has 0 N–H and O–H groups in total. The Morgan fingerprint density at radius 1 is 0.943 bits per heavy atom. The summed E-state index contributed by atoms with van der Waals surface area (Å²) in [4.78, 5) is 23.2. The minimum absolute atomic E-state index is 0.188. The van der Waals surface area contributed by atoms with Gasteiger partial charge >= 0.3 is 0 Å². The minimum atomic E-state index is -0.188. The van der Waals surface area contributed by atoms with Crippen molar-refractivity contribution in [3.05, 3.63) is 94.6 Å². The molecule has 0 aliphatic heterocycles. The monoisotopic (exact) mass is 485 g/mol. The summed E-state index contributed by atoms with van der Waals surface area (Å²) in [7, 11) is 3.15. The van der Waals surface area contributed by atoms with Crippen molar-refractivity contribution in [2.75, 3.05) is 14.2 Å². The highest BCUT2D eigenvalue weighted by Gasteiger charge is 2.19. The van der Waals surface area contributed by atoms with Crippen molar-refractivity contribution >= 4 is 22.7 Å². The SMILES string of the molecule is COc1ccc(OC)c(-n2c(SCc3nc(-c4ccccc4)oc3C)nc3ccccc3c2=O)c1. The lowest BCUT2D eigenvalue weighted by molar-refractivity contribution is 0.400. The lowest BCUT2D eigenvalue weighted by Gasteiger charge is -2.16. The second-order valence-corrected chi connectivity index (χ2v) is 8.71. The Labute approximate surface area is 206 Å². The third-order valence-electron chi connectivity index (χ3n) is 5.62. The number of para-hydroxylation sites is 1. The van der Waals surface area contributed by atoms with E-state index in [1.54, 1.807) is 43.1 Å². The van der Waals surface area contributed by atoms with Gasteiger partial charge in [-0.2, -0.15) is 0 Å². The van der Waals surface area contributed by atoms with Gasteiger partial charge in [0.1, 0.15) is 17.3 Å². The molecule has 0 saturated heterocycles. The largest absolute Gasteiger partial charge is 0.497 e. The van der Waals surface area contributed by atoms with Crippen molar-refractivity contribution in [3.63, 3.8) is 0 Å². The zero-order valence-corrected chi connectivity index (χ0v) is 20.3. The number of oxazole rings is 1. The Hall–Kier alpha value is -4.04. The smallest absolute Gasteiger partial charge is 0.266 e. The number of aromatic nitrogens is 3. The fraction of sp³-hybridized carbons (Fsp3) is 0.148. The molecule has 0 amide bonds. The molecule has 0 aliphatic carbocycles. The zero-order chi connectivity index (χ0) is 24.4. The average molecular weight is 486 g/mol. The molecule has 0 fully saturated rings. The van der Waals surface area contributed by atoms with Crippen LogP contribution in [0.3, 0.4) is 0 Å². The van der Waals surface area contributed by atoms with E-state index >= 15 is 0 Å². The van der Waals surface area contributed by atoms with Gasteiger partial charge in [-0.1, -0.05) is 42.1 Å². The standard InChI is InChI=1S/C27H23N3O4S/c1-17-22(28-25(34-17)18-9-5-4-6-10-18)16-35-27-29-21-12-8-7-11-20(21)26(31)30(27)23-15-19(32-2)13-14-24(23)33-3/h4-15H,16H2,1-3H3. The first kappa shape index (κ1) is 22.7. The van der Waals surface area contributed by atoms with Crippen LogP contribution < -0.4 is 15.0 Å². The molecule has 7 nitrogen and oxygen atoms in total. The van der Waals surface area contributed by atoms with Crippen LogP contribution in [-0.2, 0) is 5.75 Å². The fourth-order valence-corrected chi connectivity index (χ4v) is 4.80. The number of aryl methyl sites for hydroxylation is 1. The summed E-state index contributed by atoms with van der Waals surface area (Å²) in [6, 6.07) is 22.4. The van der Waals surface area contributed by atoms with Crippen LogP contribution in [0.4, 0.5) is 0 Å². The Morgan fingerprint density at radius 3 is 2.49 bits per heavy atom. The molecular weight excluding hydrogens is 462 g/mol. The maximum Gasteiger partial charge on any atom is 0.266 e. The van der Waals surface area contributed by atoms with Gasteiger partial charge in [0.2, 0.25) is 5.89 Å². The average Bonchev–Trinajstić information content (AvgIpc) is 3.28. The molecular formula is C27H23N3O4S. The summed E-state index contributed by atoms with van der Waals surface area (Å²) >= 11 is 1.41. The van der Waals surface area contributed by atoms with E-state index in [4.69, 9.17) is 23.9 Å². The normalized spacial score (nSPS) is 11.1. The maximum absolute atomic E-state index is 13.7. The third kappa shape index (κ3) is 4.40. The molecule has 2 heterocycles. The van der Waals surface area contributed by atoms with Crippen LogP contribution in [0.2, 0.25) is 0 Å². The van der Waals surface area contributed by atoms with E-state index in [1.165, 1.54) is 11.8 Å². The molecule has 2 aromatic heterocycles. The summed E-state index contributed by atoms with van der Waals surface area (Å²) in [5, 5.41) is 1.04. The molecule has 0 radical (unpaired) electrons. The van der Waals surface area contributed by atoms with E-state index in [-0.39, 0.29) is 5.56 Å². The fourth-order valence-electron chi connectivity index (χ4n) is 3.79. The van der Waals surface area contributed by atoms with Crippen LogP contribution in [0.25, 0.3) is 28.0 Å². The predicted molar refractivity (Wildman–Crippen MR) is 137 cm³/mol. The van der Waals surface area contributed by atoms with E-state index in [9.17, 15) is 4.79 Å². The molecule has 5 rings (SSSR count). The molecule has 35 heavy (non-hydrogen) atoms. The molecule has 5 aromatic rings. The van der Waals surface area contributed by atoms with Crippen LogP contribution in [0.15, 0.2) is 87.2 Å². The van der Waals surface area contributed by atoms with Gasteiger partial charge < -0.3 is 13.9 Å². The first-order valence-electron chi connectivity index (χ1n) is 11.0. The molecule has 176 valence electrons. The summed E-state index contributed by atoms with van der Waals surface area (Å²) in [5.41, 5.74) is 2.69. The summed E-state index contributed by atoms with van der Waals surface area (Å²) < 4.78 is 18.5. The number of fused-ring (bicyclic) bond motifs is 1. The highest BCUT2D eigenvalue weighted by atomic mass is 32.2. The van der Waals surface area contributed by atoms with Gasteiger partial charge in [-0.25, -0.2) is 9.97 Å². The minimum Gasteiger partial charge on any atom is -0.497 e. The first-order chi connectivity index (χ1) is 17.1. The number of methoxy groups -OCH3 is 2. The van der Waals surface area contributed by atoms with Crippen LogP contribution in [0.1, 0.15) is 11.5 Å². The lowest BCUT2D eigenvalue weighted by atomic mass is 10.2. The van der Waals surface area contributed by atoms with Gasteiger partial charge in [-0.05, 0) is 43.3 Å². The second kappa shape index (κ2) is 9.68. The highest BCUT2D eigenvalue weighted by molar-refractivity contribution is 7.98. The molecule has 8 heteroatoms. The third-order valence-corrected chi connectivity index (χ3v) is 6.57. The molecule has 0 aliphatic rings. The van der Waals surface area contributed by atoms with E-state index in [0.29, 0.717) is 44.9 Å². The van der Waals surface area contributed by atoms with Gasteiger partial charge in [0.25, 0.3) is 5.56 Å². The number of benzene rings is 3. The van der Waals surface area contributed by atoms with Crippen LogP contribution >= 0.6 is 11.8 Å². The number of ether oxygens (including phenoxy) is 2. The topological polar surface area (TPSA) is 79.4 Å². The van der Waals surface area contributed by atoms with Crippen molar-refractivity contribution in [3.8, 4) is 28.6 Å². The Morgan fingerprint density at radius 2 is 1.71 bits per heavy atom. The van der Waals surface area contributed by atoms with Crippen molar-refractivity contribution in [1.29, 1.82) is 0 Å². The number of rotatable bonds is 7. The number of hydrogen-bond acceptors (Lipinski definition) is 7. The van der Waals surface area contributed by atoms with Gasteiger partial charge in [0.15, 0.2) is 5.16 Å². The van der Waals surface area contributed by atoms with Crippen LogP contribution in [0, 0.1) is 6.92 Å². The summed E-state index contributed by atoms with van der Waals surface area (Å²) in [5.74, 6) is 2.91. The van der Waals surface area contributed by atoms with E-state index in [0.717, 1.165) is 17.0 Å². The van der Waals surface area contributed by atoms with Crippen LogP contribution in [-0.4, -0.2) is 28.8 Å². The molecule has 0 unspecified atom stereocenters. The quantitative estimate of drug-likeness (QED) is 0.217. The first-order valence-corrected chi connectivity index (χ1v) is 12.0. The Bertz CT molecular complexity index is 1560. The van der Waals surface area contributed by atoms with Gasteiger partial charge in [0.05, 0.1) is 36.5 Å². The van der Waals surface area contributed by atoms with E-state index < -0.39 is 0 Å². The zero-order valence-electron chi connectivity index (χ0n) is 19.5. The highest BCUT2D eigenvalue weighted by Crippen LogP contribution is 2.32. The Balaban J connectivity index is 1.60. The second-order valence-electron chi connectivity index (χ2n) is 7.77. The van der Waals surface area contributed by atoms with Crippen LogP contribution in [0.5, 0.6) is 11.5 Å². The molecule has 0 spiro atoms.